The van der Waals surface area contributed by atoms with Crippen molar-refractivity contribution in [2.24, 2.45) is 0 Å². The molecule has 0 aliphatic heterocycles. The van der Waals surface area contributed by atoms with Gasteiger partial charge >= 0.3 is 0 Å². The van der Waals surface area contributed by atoms with Crippen LogP contribution in [0.3, 0.4) is 0 Å². The van der Waals surface area contributed by atoms with Crippen molar-refractivity contribution in [2.45, 2.75) is 26.2 Å². The van der Waals surface area contributed by atoms with Gasteiger partial charge in [0.25, 0.3) is 5.91 Å². The molecular formula is C18H19N3O. The summed E-state index contributed by atoms with van der Waals surface area (Å²) in [7, 11) is 0. The van der Waals surface area contributed by atoms with Crippen LogP contribution < -0.4 is 5.32 Å². The average Bonchev–Trinajstić information content (AvgIpc) is 3.01. The SMILES string of the molecule is CCCCc1ccc(NC(=O)c2ccc3nc[nH]c3c2)cc1. The van der Waals surface area contributed by atoms with Crippen LogP contribution in [-0.4, -0.2) is 15.9 Å². The maximum absolute atomic E-state index is 12.3. The number of amides is 1. The van der Waals surface area contributed by atoms with Gasteiger partial charge in [0.1, 0.15) is 0 Å². The first-order valence-corrected chi connectivity index (χ1v) is 7.59. The van der Waals surface area contributed by atoms with Gasteiger partial charge in [0.2, 0.25) is 0 Å². The van der Waals surface area contributed by atoms with Gasteiger partial charge in [0, 0.05) is 11.3 Å². The molecule has 1 amide bonds. The molecule has 1 aromatic heterocycles. The lowest BCUT2D eigenvalue weighted by atomic mass is 10.1. The smallest absolute Gasteiger partial charge is 0.255 e. The summed E-state index contributed by atoms with van der Waals surface area (Å²) in [5, 5.41) is 2.93. The van der Waals surface area contributed by atoms with Gasteiger partial charge < -0.3 is 10.3 Å². The molecule has 22 heavy (non-hydrogen) atoms. The summed E-state index contributed by atoms with van der Waals surface area (Å²) in [4.78, 5) is 19.5. The summed E-state index contributed by atoms with van der Waals surface area (Å²) < 4.78 is 0. The number of aromatic nitrogens is 2. The maximum Gasteiger partial charge on any atom is 0.255 e. The van der Waals surface area contributed by atoms with E-state index in [4.69, 9.17) is 0 Å². The van der Waals surface area contributed by atoms with Crippen molar-refractivity contribution < 1.29 is 4.79 Å². The standard InChI is InChI=1S/C18H19N3O/c1-2-3-4-13-5-8-15(9-6-13)21-18(22)14-7-10-16-17(11-14)20-12-19-16/h5-12H,2-4H2,1H3,(H,19,20)(H,21,22). The van der Waals surface area contributed by atoms with Gasteiger partial charge in [0.15, 0.2) is 0 Å². The monoisotopic (exact) mass is 293 g/mol. The molecule has 1 heterocycles. The number of anilines is 1. The Balaban J connectivity index is 1.70. The number of hydrogen-bond donors (Lipinski definition) is 2. The van der Waals surface area contributed by atoms with Gasteiger partial charge in [-0.3, -0.25) is 4.79 Å². The van der Waals surface area contributed by atoms with Crippen LogP contribution >= 0.6 is 0 Å². The summed E-state index contributed by atoms with van der Waals surface area (Å²) in [6.07, 6.45) is 5.09. The largest absolute Gasteiger partial charge is 0.345 e. The minimum atomic E-state index is -0.113. The molecule has 0 radical (unpaired) electrons. The Hall–Kier alpha value is -2.62. The van der Waals surface area contributed by atoms with Crippen LogP contribution in [0.2, 0.25) is 0 Å². The summed E-state index contributed by atoms with van der Waals surface area (Å²) >= 11 is 0. The molecule has 0 bridgehead atoms. The number of nitrogens with one attached hydrogen (secondary N) is 2. The van der Waals surface area contributed by atoms with Gasteiger partial charge in [-0.25, -0.2) is 4.98 Å². The quantitative estimate of drug-likeness (QED) is 0.742. The predicted molar refractivity (Wildman–Crippen MR) is 89.1 cm³/mol. The lowest BCUT2D eigenvalue weighted by Crippen LogP contribution is -2.11. The van der Waals surface area contributed by atoms with Gasteiger partial charge in [0.05, 0.1) is 17.4 Å². The highest BCUT2D eigenvalue weighted by molar-refractivity contribution is 6.05. The first-order valence-electron chi connectivity index (χ1n) is 7.59. The molecule has 3 aromatic rings. The number of benzene rings is 2. The third-order valence-corrected chi connectivity index (χ3v) is 3.71. The fourth-order valence-corrected chi connectivity index (χ4v) is 2.42. The molecule has 4 heteroatoms. The predicted octanol–water partition coefficient (Wildman–Crippen LogP) is 4.16. The van der Waals surface area contributed by atoms with E-state index in [9.17, 15) is 4.79 Å². The van der Waals surface area contributed by atoms with Crippen LogP contribution in [0.1, 0.15) is 35.7 Å². The Bertz CT molecular complexity index is 774. The van der Waals surface area contributed by atoms with Gasteiger partial charge in [-0.1, -0.05) is 25.5 Å². The zero-order valence-electron chi connectivity index (χ0n) is 12.6. The Morgan fingerprint density at radius 3 is 2.77 bits per heavy atom. The van der Waals surface area contributed by atoms with E-state index in [-0.39, 0.29) is 5.91 Å². The third-order valence-electron chi connectivity index (χ3n) is 3.71. The first kappa shape index (κ1) is 14.3. The number of imidazole rings is 1. The van der Waals surface area contributed by atoms with Crippen LogP contribution in [0.15, 0.2) is 48.8 Å². The molecule has 0 fully saturated rings. The van der Waals surface area contributed by atoms with Gasteiger partial charge in [-0.2, -0.15) is 0 Å². The minimum Gasteiger partial charge on any atom is -0.345 e. The molecule has 0 unspecified atom stereocenters. The van der Waals surface area contributed by atoms with Crippen molar-refractivity contribution >= 4 is 22.6 Å². The van der Waals surface area contributed by atoms with Gasteiger partial charge in [-0.05, 0) is 48.7 Å². The number of carbonyl (C=O) groups is 1. The van der Waals surface area contributed by atoms with Crippen molar-refractivity contribution in [3.05, 3.63) is 59.9 Å². The molecule has 0 spiro atoms. The Morgan fingerprint density at radius 2 is 2.00 bits per heavy atom. The van der Waals surface area contributed by atoms with Crippen molar-refractivity contribution in [1.82, 2.24) is 9.97 Å². The van der Waals surface area contributed by atoms with Crippen LogP contribution in [0.4, 0.5) is 5.69 Å². The fraction of sp³-hybridized carbons (Fsp3) is 0.222. The van der Waals surface area contributed by atoms with E-state index < -0.39 is 0 Å². The highest BCUT2D eigenvalue weighted by Gasteiger charge is 2.07. The molecule has 3 rings (SSSR count). The van der Waals surface area contributed by atoms with E-state index in [1.54, 1.807) is 12.4 Å². The molecule has 112 valence electrons. The van der Waals surface area contributed by atoms with Gasteiger partial charge in [-0.15, -0.1) is 0 Å². The van der Waals surface area contributed by atoms with Crippen LogP contribution in [-0.2, 0) is 6.42 Å². The average molecular weight is 293 g/mol. The first-order chi connectivity index (χ1) is 10.8. The number of carbonyl (C=O) groups excluding carboxylic acids is 1. The summed E-state index contributed by atoms with van der Waals surface area (Å²) in [6.45, 7) is 2.19. The van der Waals surface area contributed by atoms with E-state index >= 15 is 0 Å². The van der Waals surface area contributed by atoms with E-state index in [1.807, 2.05) is 24.3 Å². The molecule has 0 aliphatic rings. The number of aromatic amines is 1. The second-order valence-electron chi connectivity index (χ2n) is 5.39. The summed E-state index contributed by atoms with van der Waals surface area (Å²) in [5.41, 5.74) is 4.46. The van der Waals surface area contributed by atoms with Crippen LogP contribution in [0.5, 0.6) is 0 Å². The topological polar surface area (TPSA) is 57.8 Å². The van der Waals surface area contributed by atoms with Crippen molar-refractivity contribution in [2.75, 3.05) is 5.32 Å². The van der Waals surface area contributed by atoms with Crippen molar-refractivity contribution in [3.63, 3.8) is 0 Å². The molecule has 0 aliphatic carbocycles. The zero-order chi connectivity index (χ0) is 15.4. The van der Waals surface area contributed by atoms with E-state index in [2.05, 4.69) is 34.3 Å². The second-order valence-corrected chi connectivity index (χ2v) is 5.39. The van der Waals surface area contributed by atoms with E-state index in [1.165, 1.54) is 18.4 Å². The number of rotatable bonds is 5. The summed E-state index contributed by atoms with van der Waals surface area (Å²) in [6, 6.07) is 13.5. The molecule has 0 saturated carbocycles. The second kappa shape index (κ2) is 6.43. The molecule has 2 aromatic carbocycles. The molecular weight excluding hydrogens is 274 g/mol. The van der Waals surface area contributed by atoms with Crippen molar-refractivity contribution in [3.8, 4) is 0 Å². The zero-order valence-corrected chi connectivity index (χ0v) is 12.6. The number of H-pyrrole nitrogens is 1. The van der Waals surface area contributed by atoms with E-state index in [0.717, 1.165) is 23.1 Å². The number of aryl methyl sites for hydroxylation is 1. The van der Waals surface area contributed by atoms with Crippen LogP contribution in [0.25, 0.3) is 11.0 Å². The Kier molecular flexibility index (Phi) is 4.19. The van der Waals surface area contributed by atoms with E-state index in [0.29, 0.717) is 5.56 Å². The highest BCUT2D eigenvalue weighted by Crippen LogP contribution is 2.15. The molecule has 4 nitrogen and oxygen atoms in total. The lowest BCUT2D eigenvalue weighted by Gasteiger charge is -2.07. The minimum absolute atomic E-state index is 0.113. The van der Waals surface area contributed by atoms with Crippen LogP contribution in [0, 0.1) is 0 Å². The fourth-order valence-electron chi connectivity index (χ4n) is 2.42. The van der Waals surface area contributed by atoms with Crippen molar-refractivity contribution in [1.29, 1.82) is 0 Å². The Labute approximate surface area is 129 Å². The number of unbranched alkanes of at least 4 members (excludes halogenated alkanes) is 1. The normalized spacial score (nSPS) is 10.8. The highest BCUT2D eigenvalue weighted by atomic mass is 16.1. The lowest BCUT2D eigenvalue weighted by molar-refractivity contribution is 0.102. The number of hydrogen-bond acceptors (Lipinski definition) is 2. The number of nitrogens with zero attached hydrogens (tertiary/aromatic N) is 1. The summed E-state index contributed by atoms with van der Waals surface area (Å²) in [5.74, 6) is -0.113. The third kappa shape index (κ3) is 3.17. The Morgan fingerprint density at radius 1 is 1.18 bits per heavy atom. The maximum atomic E-state index is 12.3. The molecule has 0 atom stereocenters. The molecule has 2 N–H and O–H groups in total. The number of fused-ring (bicyclic) bond motifs is 1. The molecule has 0 saturated heterocycles.